The molecule has 5 nitrogen and oxygen atoms in total. The van der Waals surface area contributed by atoms with E-state index in [4.69, 9.17) is 4.74 Å². The quantitative estimate of drug-likeness (QED) is 0.636. The normalized spacial score (nSPS) is 10.6. The summed E-state index contributed by atoms with van der Waals surface area (Å²) in [5.41, 5.74) is 1.76. The van der Waals surface area contributed by atoms with Crippen LogP contribution in [0.25, 0.3) is 0 Å². The van der Waals surface area contributed by atoms with Crippen LogP contribution in [0, 0.1) is 0 Å². The van der Waals surface area contributed by atoms with Gasteiger partial charge in [-0.3, -0.25) is 0 Å². The van der Waals surface area contributed by atoms with E-state index in [0.717, 1.165) is 17.5 Å². The molecule has 0 atom stereocenters. The molecule has 3 N–H and O–H groups in total. The molecule has 0 radical (unpaired) electrons. The van der Waals surface area contributed by atoms with Crippen LogP contribution in [0.3, 0.4) is 0 Å². The van der Waals surface area contributed by atoms with Crippen molar-refractivity contribution in [1.82, 2.24) is 10.6 Å². The standard InChI is InChI=1S/C15H24N2O3/c1-12(2)20-9-5-8-16-15(19)17-10-13-6-3-4-7-14(13)11-18/h3-4,6-7,12,18H,5,8-11H2,1-2H3,(H2,16,17,19). The maximum absolute atomic E-state index is 11.6. The Balaban J connectivity index is 2.19. The predicted octanol–water partition coefficient (Wildman–Crippen LogP) is 1.79. The van der Waals surface area contributed by atoms with Gasteiger partial charge >= 0.3 is 6.03 Å². The number of urea groups is 1. The summed E-state index contributed by atoms with van der Waals surface area (Å²) >= 11 is 0. The summed E-state index contributed by atoms with van der Waals surface area (Å²) in [6.45, 7) is 5.58. The number of hydrogen-bond donors (Lipinski definition) is 3. The fourth-order valence-corrected chi connectivity index (χ4v) is 1.72. The third-order valence-corrected chi connectivity index (χ3v) is 2.79. The molecule has 0 aliphatic carbocycles. The van der Waals surface area contributed by atoms with Crippen LogP contribution in [0.5, 0.6) is 0 Å². The topological polar surface area (TPSA) is 70.6 Å². The fraction of sp³-hybridized carbons (Fsp3) is 0.533. The molecule has 0 aliphatic rings. The number of hydrogen-bond acceptors (Lipinski definition) is 3. The van der Waals surface area contributed by atoms with Gasteiger partial charge in [-0.1, -0.05) is 24.3 Å². The molecule has 0 bridgehead atoms. The molecule has 0 aliphatic heterocycles. The Hall–Kier alpha value is -1.59. The van der Waals surface area contributed by atoms with E-state index in [-0.39, 0.29) is 18.7 Å². The van der Waals surface area contributed by atoms with E-state index in [1.807, 2.05) is 38.1 Å². The Morgan fingerprint density at radius 2 is 1.95 bits per heavy atom. The average molecular weight is 280 g/mol. The largest absolute Gasteiger partial charge is 0.392 e. The summed E-state index contributed by atoms with van der Waals surface area (Å²) in [4.78, 5) is 11.6. The van der Waals surface area contributed by atoms with Crippen molar-refractivity contribution in [3.05, 3.63) is 35.4 Å². The minimum atomic E-state index is -0.206. The Kier molecular flexibility index (Phi) is 7.69. The van der Waals surface area contributed by atoms with E-state index in [1.165, 1.54) is 0 Å². The molecule has 0 saturated carbocycles. The number of amides is 2. The number of ether oxygens (including phenoxy) is 1. The van der Waals surface area contributed by atoms with Gasteiger partial charge in [-0.15, -0.1) is 0 Å². The molecule has 1 aromatic carbocycles. The maximum Gasteiger partial charge on any atom is 0.315 e. The molecule has 0 spiro atoms. The Bertz CT molecular complexity index is 408. The molecule has 2 amide bonds. The van der Waals surface area contributed by atoms with Gasteiger partial charge in [0.15, 0.2) is 0 Å². The van der Waals surface area contributed by atoms with Crippen molar-refractivity contribution >= 4 is 6.03 Å². The first-order valence-corrected chi connectivity index (χ1v) is 6.94. The van der Waals surface area contributed by atoms with Crippen LogP contribution in [-0.4, -0.2) is 30.4 Å². The monoisotopic (exact) mass is 280 g/mol. The fourth-order valence-electron chi connectivity index (χ4n) is 1.72. The van der Waals surface area contributed by atoms with Crippen molar-refractivity contribution in [2.24, 2.45) is 0 Å². The number of benzene rings is 1. The van der Waals surface area contributed by atoms with Crippen molar-refractivity contribution in [2.45, 2.75) is 39.5 Å². The first kappa shape index (κ1) is 16.5. The highest BCUT2D eigenvalue weighted by atomic mass is 16.5. The van der Waals surface area contributed by atoms with Gasteiger partial charge in [0, 0.05) is 19.7 Å². The van der Waals surface area contributed by atoms with E-state index in [9.17, 15) is 9.90 Å². The number of aliphatic hydroxyl groups excluding tert-OH is 1. The summed E-state index contributed by atoms with van der Waals surface area (Å²) < 4.78 is 5.38. The molecule has 0 saturated heterocycles. The van der Waals surface area contributed by atoms with Crippen LogP contribution in [0.15, 0.2) is 24.3 Å². The lowest BCUT2D eigenvalue weighted by molar-refractivity contribution is 0.0774. The molecular formula is C15H24N2O3. The van der Waals surface area contributed by atoms with Crippen LogP contribution in [0.2, 0.25) is 0 Å². The lowest BCUT2D eigenvalue weighted by atomic mass is 10.1. The summed E-state index contributed by atoms with van der Waals surface area (Å²) in [5, 5.41) is 14.7. The zero-order chi connectivity index (χ0) is 14.8. The minimum absolute atomic E-state index is 0.0218. The first-order valence-electron chi connectivity index (χ1n) is 6.94. The third kappa shape index (κ3) is 6.54. The highest BCUT2D eigenvalue weighted by Crippen LogP contribution is 2.07. The van der Waals surface area contributed by atoms with Crippen LogP contribution in [-0.2, 0) is 17.9 Å². The molecule has 0 unspecified atom stereocenters. The SMILES string of the molecule is CC(C)OCCCNC(=O)NCc1ccccc1CO. The summed E-state index contributed by atoms with van der Waals surface area (Å²) in [6.07, 6.45) is 1.01. The molecule has 0 fully saturated rings. The van der Waals surface area contributed by atoms with Gasteiger partial charge in [0.1, 0.15) is 0 Å². The average Bonchev–Trinajstić information content (AvgIpc) is 2.44. The van der Waals surface area contributed by atoms with Gasteiger partial charge in [0.05, 0.1) is 12.7 Å². The second-order valence-corrected chi connectivity index (χ2v) is 4.81. The van der Waals surface area contributed by atoms with E-state index in [0.29, 0.717) is 19.7 Å². The van der Waals surface area contributed by atoms with Gasteiger partial charge in [-0.2, -0.15) is 0 Å². The Labute approximate surface area is 120 Å². The van der Waals surface area contributed by atoms with Gasteiger partial charge in [-0.25, -0.2) is 4.79 Å². The summed E-state index contributed by atoms with van der Waals surface area (Å²) in [7, 11) is 0. The second kappa shape index (κ2) is 9.34. The molecular weight excluding hydrogens is 256 g/mol. The lowest BCUT2D eigenvalue weighted by Crippen LogP contribution is -2.36. The van der Waals surface area contributed by atoms with Crippen LogP contribution >= 0.6 is 0 Å². The van der Waals surface area contributed by atoms with Crippen LogP contribution in [0.4, 0.5) is 4.79 Å². The van der Waals surface area contributed by atoms with Crippen molar-refractivity contribution < 1.29 is 14.6 Å². The smallest absolute Gasteiger partial charge is 0.315 e. The van der Waals surface area contributed by atoms with Crippen molar-refractivity contribution in [3.8, 4) is 0 Å². The molecule has 1 aromatic rings. The zero-order valence-electron chi connectivity index (χ0n) is 12.2. The van der Waals surface area contributed by atoms with E-state index >= 15 is 0 Å². The van der Waals surface area contributed by atoms with Crippen molar-refractivity contribution in [3.63, 3.8) is 0 Å². The number of nitrogens with one attached hydrogen (secondary N) is 2. The third-order valence-electron chi connectivity index (χ3n) is 2.79. The highest BCUT2D eigenvalue weighted by molar-refractivity contribution is 5.73. The molecule has 0 aromatic heterocycles. The van der Waals surface area contributed by atoms with E-state index < -0.39 is 0 Å². The van der Waals surface area contributed by atoms with Crippen LogP contribution < -0.4 is 10.6 Å². The highest BCUT2D eigenvalue weighted by Gasteiger charge is 2.03. The van der Waals surface area contributed by atoms with Crippen molar-refractivity contribution in [1.29, 1.82) is 0 Å². The summed E-state index contributed by atoms with van der Waals surface area (Å²) in [5.74, 6) is 0. The second-order valence-electron chi connectivity index (χ2n) is 4.81. The molecule has 1 rings (SSSR count). The Morgan fingerprint density at radius 1 is 1.25 bits per heavy atom. The lowest BCUT2D eigenvalue weighted by Gasteiger charge is -2.11. The predicted molar refractivity (Wildman–Crippen MR) is 78.3 cm³/mol. The van der Waals surface area contributed by atoms with E-state index in [1.54, 1.807) is 0 Å². The minimum Gasteiger partial charge on any atom is -0.392 e. The molecule has 112 valence electrons. The van der Waals surface area contributed by atoms with Gasteiger partial charge < -0.3 is 20.5 Å². The van der Waals surface area contributed by atoms with Gasteiger partial charge in [-0.05, 0) is 31.4 Å². The molecule has 20 heavy (non-hydrogen) atoms. The number of carbonyl (C=O) groups excluding carboxylic acids is 1. The van der Waals surface area contributed by atoms with Gasteiger partial charge in [0.2, 0.25) is 0 Å². The summed E-state index contributed by atoms with van der Waals surface area (Å²) in [6, 6.07) is 7.28. The number of rotatable bonds is 8. The van der Waals surface area contributed by atoms with Crippen molar-refractivity contribution in [2.75, 3.05) is 13.2 Å². The van der Waals surface area contributed by atoms with E-state index in [2.05, 4.69) is 10.6 Å². The zero-order valence-corrected chi connectivity index (χ0v) is 12.2. The molecule has 0 heterocycles. The Morgan fingerprint density at radius 3 is 2.60 bits per heavy atom. The first-order chi connectivity index (χ1) is 9.63. The van der Waals surface area contributed by atoms with Gasteiger partial charge in [0.25, 0.3) is 0 Å². The van der Waals surface area contributed by atoms with Crippen LogP contribution in [0.1, 0.15) is 31.4 Å². The molecule has 5 heteroatoms. The number of carbonyl (C=O) groups is 1. The maximum atomic E-state index is 11.6. The number of aliphatic hydroxyl groups is 1.